The maximum absolute atomic E-state index is 4.41. The Kier molecular flexibility index (Phi) is 8.37. The summed E-state index contributed by atoms with van der Waals surface area (Å²) in [7, 11) is 0. The zero-order chi connectivity index (χ0) is 8.59. The van der Waals surface area contributed by atoms with Gasteiger partial charge < -0.3 is 0 Å². The molecule has 60 valence electrons. The first-order chi connectivity index (χ1) is 5.04. The van der Waals surface area contributed by atoms with Gasteiger partial charge in [-0.2, -0.15) is 0 Å². The minimum Gasteiger partial charge on any atom is -0.141 e. The van der Waals surface area contributed by atoms with Crippen molar-refractivity contribution in [1.82, 2.24) is 0 Å². The molecule has 0 aliphatic heterocycles. The molecule has 6 heteroatoms. The Balaban J connectivity index is 0.00000121. The van der Waals surface area contributed by atoms with E-state index in [0.29, 0.717) is 0 Å². The van der Waals surface area contributed by atoms with Crippen LogP contribution in [-0.4, -0.2) is 0 Å². The van der Waals surface area contributed by atoms with Gasteiger partial charge >= 0.3 is 19.5 Å². The van der Waals surface area contributed by atoms with Crippen LogP contribution in [0.2, 0.25) is 0 Å². The minimum absolute atomic E-state index is 0. The number of hydrogen-bond donors (Lipinski definition) is 1. The van der Waals surface area contributed by atoms with Gasteiger partial charge in [-0.25, -0.2) is 0 Å². The zero-order valence-corrected chi connectivity index (χ0v) is 18.2. The van der Waals surface area contributed by atoms with Crippen molar-refractivity contribution in [2.75, 3.05) is 0 Å². The molecule has 0 amide bonds. The minimum atomic E-state index is 0. The first-order valence-electron chi connectivity index (χ1n) is 2.56. The molecule has 0 radical (unpaired) electrons. The van der Waals surface area contributed by atoms with E-state index in [9.17, 15) is 0 Å². The molecule has 0 saturated heterocycles. The Morgan fingerprint density at radius 2 is 1.42 bits per heavy atom. The van der Waals surface area contributed by atoms with Crippen LogP contribution < -0.4 is 0 Å². The molecule has 1 aromatic carbocycles. The monoisotopic (exact) mass is 678 g/mol. The van der Waals surface area contributed by atoms with Crippen molar-refractivity contribution in [1.29, 1.82) is 0 Å². The van der Waals surface area contributed by atoms with E-state index in [1.54, 1.807) is 0 Å². The fraction of sp³-hybridized carbons (Fsp3) is 0. The van der Waals surface area contributed by atoms with Crippen molar-refractivity contribution in [2.45, 2.75) is 4.90 Å². The van der Waals surface area contributed by atoms with Gasteiger partial charge in [0.2, 0.25) is 0 Å². The van der Waals surface area contributed by atoms with Crippen molar-refractivity contribution in [2.24, 2.45) is 0 Å². The molecule has 0 atom stereocenters. The molecule has 1 rings (SSSR count). The van der Waals surface area contributed by atoms with Crippen LogP contribution >= 0.6 is 103 Å². The largest absolute Gasteiger partial charge is 2.00 e. The molecule has 0 unspecified atom stereocenters. The van der Waals surface area contributed by atoms with E-state index in [1.165, 1.54) is 14.3 Å². The van der Waals surface area contributed by atoms with E-state index in [4.69, 9.17) is 0 Å². The Morgan fingerprint density at radius 3 is 1.92 bits per heavy atom. The molecule has 0 aromatic heterocycles. The van der Waals surface area contributed by atoms with Crippen LogP contribution in [0.1, 0.15) is 0 Å². The second-order valence-electron chi connectivity index (χ2n) is 1.82. The third-order valence-electron chi connectivity index (χ3n) is 1.09. The molecule has 1 aromatic rings. The van der Waals surface area contributed by atoms with Crippen LogP contribution in [0.3, 0.4) is 0 Å². The second-order valence-corrected chi connectivity index (χ2v) is 6.75. The van der Waals surface area contributed by atoms with Gasteiger partial charge in [0, 0.05) is 19.2 Å². The molecular formula is C6H2I4SZn+2. The Morgan fingerprint density at radius 1 is 0.917 bits per heavy atom. The predicted molar refractivity (Wildman–Crippen MR) is 84.6 cm³/mol. The van der Waals surface area contributed by atoms with Crippen molar-refractivity contribution < 1.29 is 19.5 Å². The molecule has 0 aliphatic carbocycles. The van der Waals surface area contributed by atoms with Gasteiger partial charge in [0.05, 0.1) is 0 Å². The number of halogens is 4. The van der Waals surface area contributed by atoms with Crippen molar-refractivity contribution in [3.05, 3.63) is 20.3 Å². The molecule has 0 N–H and O–H groups in total. The standard InChI is InChI=1S/C6H2I4S.Zn/c7-2-1-3(8)6(11)5(10)4(2)9;/h1,11H;/q;+2. The number of rotatable bonds is 0. The summed E-state index contributed by atoms with van der Waals surface area (Å²) in [5.41, 5.74) is 0. The topological polar surface area (TPSA) is 0 Å². The van der Waals surface area contributed by atoms with Gasteiger partial charge in [-0.15, -0.1) is 12.6 Å². The smallest absolute Gasteiger partial charge is 0.141 e. The van der Waals surface area contributed by atoms with Crippen molar-refractivity contribution >= 4 is 103 Å². The van der Waals surface area contributed by atoms with Gasteiger partial charge in [0.1, 0.15) is 0 Å². The van der Waals surface area contributed by atoms with Crippen LogP contribution in [0.4, 0.5) is 0 Å². The fourth-order valence-corrected chi connectivity index (χ4v) is 4.74. The number of benzene rings is 1. The normalized spacial score (nSPS) is 9.42. The Hall–Kier alpha value is 3.11. The summed E-state index contributed by atoms with van der Waals surface area (Å²) in [4.78, 5) is 1.09. The maximum Gasteiger partial charge on any atom is 2.00 e. The molecule has 0 aliphatic rings. The molecule has 12 heavy (non-hydrogen) atoms. The van der Waals surface area contributed by atoms with E-state index in [-0.39, 0.29) is 19.5 Å². The summed E-state index contributed by atoms with van der Waals surface area (Å²) < 4.78 is 5.08. The first-order valence-corrected chi connectivity index (χ1v) is 7.32. The maximum atomic E-state index is 4.41. The third-order valence-corrected chi connectivity index (χ3v) is 8.37. The van der Waals surface area contributed by atoms with Crippen LogP contribution in [0.25, 0.3) is 0 Å². The van der Waals surface area contributed by atoms with E-state index < -0.39 is 0 Å². The van der Waals surface area contributed by atoms with Crippen LogP contribution in [-0.2, 0) is 19.5 Å². The second kappa shape index (κ2) is 6.64. The quantitative estimate of drug-likeness (QED) is 0.136. The van der Waals surface area contributed by atoms with Crippen LogP contribution in [0, 0.1) is 14.3 Å². The zero-order valence-electron chi connectivity index (χ0n) is 5.74. The van der Waals surface area contributed by atoms with E-state index >= 15 is 0 Å². The molecule has 0 nitrogen and oxygen atoms in total. The van der Waals surface area contributed by atoms with Crippen molar-refractivity contribution in [3.63, 3.8) is 0 Å². The Bertz CT molecular complexity index is 276. The van der Waals surface area contributed by atoms with Crippen LogP contribution in [0.15, 0.2) is 11.0 Å². The SMILES string of the molecule is Sc1c(I)cc(I)c(I)c1I.[Zn+2]. The molecule has 0 bridgehead atoms. The van der Waals surface area contributed by atoms with Gasteiger partial charge in [0.25, 0.3) is 0 Å². The fourth-order valence-electron chi connectivity index (χ4n) is 0.557. The Labute approximate surface area is 145 Å². The average Bonchev–Trinajstić information content (AvgIpc) is 1.97. The predicted octanol–water partition coefficient (Wildman–Crippen LogP) is 4.39. The summed E-state index contributed by atoms with van der Waals surface area (Å²) in [6.07, 6.45) is 0. The molecule has 0 spiro atoms. The van der Waals surface area contributed by atoms with Gasteiger partial charge in [0.15, 0.2) is 0 Å². The first kappa shape index (κ1) is 15.1. The van der Waals surface area contributed by atoms with E-state index in [0.717, 1.165) is 4.90 Å². The van der Waals surface area contributed by atoms with E-state index in [2.05, 4.69) is 109 Å². The summed E-state index contributed by atoms with van der Waals surface area (Å²) in [6, 6.07) is 2.15. The summed E-state index contributed by atoms with van der Waals surface area (Å²) in [6.45, 7) is 0. The number of thiol groups is 1. The van der Waals surface area contributed by atoms with Gasteiger partial charge in [-0.3, -0.25) is 0 Å². The third kappa shape index (κ3) is 3.60. The molecular weight excluding hydrogens is 677 g/mol. The van der Waals surface area contributed by atoms with Gasteiger partial charge in [-0.05, 0) is 96.4 Å². The molecule has 0 heterocycles. The number of hydrogen-bond acceptors (Lipinski definition) is 1. The average molecular weight is 679 g/mol. The molecule has 0 saturated carbocycles. The van der Waals surface area contributed by atoms with Crippen molar-refractivity contribution in [3.8, 4) is 0 Å². The van der Waals surface area contributed by atoms with E-state index in [1.807, 2.05) is 0 Å². The van der Waals surface area contributed by atoms with Crippen LogP contribution in [0.5, 0.6) is 0 Å². The van der Waals surface area contributed by atoms with Gasteiger partial charge in [-0.1, -0.05) is 0 Å². The summed E-state index contributed by atoms with van der Waals surface area (Å²) in [5.74, 6) is 0. The summed E-state index contributed by atoms with van der Waals surface area (Å²) >= 11 is 13.7. The summed E-state index contributed by atoms with van der Waals surface area (Å²) in [5, 5.41) is 0. The molecule has 0 fully saturated rings.